The van der Waals surface area contributed by atoms with Crippen molar-refractivity contribution < 1.29 is 9.53 Å². The van der Waals surface area contributed by atoms with E-state index < -0.39 is 0 Å². The molecule has 0 amide bonds. The number of carbonyl (C=O) groups is 1. The van der Waals surface area contributed by atoms with Gasteiger partial charge in [-0.3, -0.25) is 0 Å². The van der Waals surface area contributed by atoms with Crippen LogP contribution in [-0.2, 0) is 4.74 Å². The number of carbonyl (C=O) groups excluding carboxylic acids is 1. The van der Waals surface area contributed by atoms with Gasteiger partial charge in [0.25, 0.3) is 0 Å². The smallest absolute Gasteiger partial charge is 0.338 e. The number of benzene rings is 3. The summed E-state index contributed by atoms with van der Waals surface area (Å²) in [5.41, 5.74) is 3.81. The minimum atomic E-state index is -0.285. The van der Waals surface area contributed by atoms with E-state index in [0.29, 0.717) is 17.1 Å². The zero-order valence-electron chi connectivity index (χ0n) is 15.5. The monoisotopic (exact) mass is 391 g/mol. The summed E-state index contributed by atoms with van der Waals surface area (Å²) in [7, 11) is 0. The zero-order chi connectivity index (χ0) is 19.3. The molecule has 1 aliphatic heterocycles. The van der Waals surface area contributed by atoms with Crippen LogP contribution in [0.4, 0.5) is 0 Å². The van der Waals surface area contributed by atoms with E-state index in [1.807, 2.05) is 66.7 Å². The van der Waals surface area contributed by atoms with Crippen molar-refractivity contribution >= 4 is 17.6 Å². The Kier molecular flexibility index (Phi) is 5.75. The normalized spacial score (nSPS) is 19.2. The third kappa shape index (κ3) is 4.27. The molecule has 0 radical (unpaired) electrons. The van der Waals surface area contributed by atoms with E-state index in [2.05, 4.69) is 17.4 Å². The topological polar surface area (TPSA) is 38.3 Å². The molecule has 4 heteroatoms. The first-order chi connectivity index (χ1) is 13.7. The van der Waals surface area contributed by atoms with Gasteiger partial charge in [0.2, 0.25) is 0 Å². The molecule has 4 rings (SSSR count). The SMILES string of the molecule is O=C(O[C@@H]1CNCC[C@H]1c1ccccc1)c1ccc(-c2cccc(Cl)c2)cc1. The van der Waals surface area contributed by atoms with Gasteiger partial charge < -0.3 is 10.1 Å². The van der Waals surface area contributed by atoms with Gasteiger partial charge in [-0.1, -0.05) is 66.2 Å². The molecule has 0 aromatic heterocycles. The fourth-order valence-electron chi connectivity index (χ4n) is 3.71. The third-order valence-corrected chi connectivity index (χ3v) is 5.43. The number of ether oxygens (including phenoxy) is 1. The van der Waals surface area contributed by atoms with Crippen LogP contribution in [0.25, 0.3) is 11.1 Å². The van der Waals surface area contributed by atoms with Crippen LogP contribution in [0.1, 0.15) is 28.3 Å². The Morgan fingerprint density at radius 1 is 0.929 bits per heavy atom. The number of rotatable bonds is 4. The first-order valence-corrected chi connectivity index (χ1v) is 9.91. The maximum Gasteiger partial charge on any atom is 0.338 e. The zero-order valence-corrected chi connectivity index (χ0v) is 16.2. The molecule has 0 unspecified atom stereocenters. The molecule has 28 heavy (non-hydrogen) atoms. The summed E-state index contributed by atoms with van der Waals surface area (Å²) < 4.78 is 5.89. The number of piperidine rings is 1. The Labute approximate surface area is 170 Å². The van der Waals surface area contributed by atoms with Crippen molar-refractivity contribution in [2.24, 2.45) is 0 Å². The second-order valence-electron chi connectivity index (χ2n) is 7.04. The van der Waals surface area contributed by atoms with Gasteiger partial charge in [0.1, 0.15) is 6.10 Å². The molecule has 142 valence electrons. The van der Waals surface area contributed by atoms with E-state index in [1.165, 1.54) is 5.56 Å². The number of nitrogens with one attached hydrogen (secondary N) is 1. The Morgan fingerprint density at radius 2 is 1.71 bits per heavy atom. The van der Waals surface area contributed by atoms with Gasteiger partial charge >= 0.3 is 5.97 Å². The minimum Gasteiger partial charge on any atom is -0.457 e. The summed E-state index contributed by atoms with van der Waals surface area (Å²) in [6.45, 7) is 1.61. The Hall–Kier alpha value is -2.62. The van der Waals surface area contributed by atoms with Crippen LogP contribution >= 0.6 is 11.6 Å². The van der Waals surface area contributed by atoms with E-state index >= 15 is 0 Å². The van der Waals surface area contributed by atoms with Crippen LogP contribution < -0.4 is 5.32 Å². The van der Waals surface area contributed by atoms with E-state index in [1.54, 1.807) is 0 Å². The quantitative estimate of drug-likeness (QED) is 0.612. The molecule has 1 N–H and O–H groups in total. The van der Waals surface area contributed by atoms with Crippen LogP contribution in [-0.4, -0.2) is 25.2 Å². The van der Waals surface area contributed by atoms with Crippen molar-refractivity contribution in [1.29, 1.82) is 0 Å². The second-order valence-corrected chi connectivity index (χ2v) is 7.48. The number of halogens is 1. The summed E-state index contributed by atoms with van der Waals surface area (Å²) in [6.07, 6.45) is 0.784. The number of hydrogen-bond acceptors (Lipinski definition) is 3. The van der Waals surface area contributed by atoms with Gasteiger partial charge in [-0.05, 0) is 53.9 Å². The van der Waals surface area contributed by atoms with E-state index in [-0.39, 0.29) is 18.0 Å². The van der Waals surface area contributed by atoms with Crippen LogP contribution in [0.3, 0.4) is 0 Å². The van der Waals surface area contributed by atoms with Gasteiger partial charge in [0, 0.05) is 17.5 Å². The van der Waals surface area contributed by atoms with Crippen molar-refractivity contribution in [3.05, 3.63) is 95.0 Å². The molecule has 2 atom stereocenters. The van der Waals surface area contributed by atoms with Crippen molar-refractivity contribution in [3.63, 3.8) is 0 Å². The van der Waals surface area contributed by atoms with Crippen molar-refractivity contribution in [2.75, 3.05) is 13.1 Å². The molecule has 0 spiro atoms. The van der Waals surface area contributed by atoms with Gasteiger partial charge in [-0.2, -0.15) is 0 Å². The first-order valence-electron chi connectivity index (χ1n) is 9.53. The highest BCUT2D eigenvalue weighted by Crippen LogP contribution is 2.29. The summed E-state index contributed by atoms with van der Waals surface area (Å²) in [6, 6.07) is 25.4. The molecule has 1 saturated heterocycles. The fraction of sp³-hybridized carbons (Fsp3) is 0.208. The largest absolute Gasteiger partial charge is 0.457 e. The van der Waals surface area contributed by atoms with E-state index in [9.17, 15) is 4.79 Å². The molecule has 3 nitrogen and oxygen atoms in total. The van der Waals surface area contributed by atoms with Gasteiger partial charge in [0.15, 0.2) is 0 Å². The highest BCUT2D eigenvalue weighted by Gasteiger charge is 2.29. The molecule has 3 aromatic carbocycles. The molecule has 1 aliphatic rings. The van der Waals surface area contributed by atoms with Gasteiger partial charge in [-0.25, -0.2) is 4.79 Å². The van der Waals surface area contributed by atoms with Crippen LogP contribution in [0.15, 0.2) is 78.9 Å². The average molecular weight is 392 g/mol. The van der Waals surface area contributed by atoms with Crippen molar-refractivity contribution in [3.8, 4) is 11.1 Å². The Bertz CT molecular complexity index is 940. The molecule has 0 saturated carbocycles. The molecule has 0 aliphatic carbocycles. The molecule has 3 aromatic rings. The van der Waals surface area contributed by atoms with Crippen LogP contribution in [0.5, 0.6) is 0 Å². The summed E-state index contributed by atoms with van der Waals surface area (Å²) >= 11 is 6.07. The summed E-state index contributed by atoms with van der Waals surface area (Å²) in [5.74, 6) is -0.0654. The van der Waals surface area contributed by atoms with Gasteiger partial charge in [0.05, 0.1) is 5.56 Å². The Balaban J connectivity index is 1.48. The number of esters is 1. The average Bonchev–Trinajstić information content (AvgIpc) is 2.75. The van der Waals surface area contributed by atoms with E-state index in [0.717, 1.165) is 24.1 Å². The Morgan fingerprint density at radius 3 is 2.46 bits per heavy atom. The minimum absolute atomic E-state index is 0.170. The maximum atomic E-state index is 12.7. The summed E-state index contributed by atoms with van der Waals surface area (Å²) in [5, 5.41) is 4.03. The van der Waals surface area contributed by atoms with Crippen molar-refractivity contribution in [1.82, 2.24) is 5.32 Å². The third-order valence-electron chi connectivity index (χ3n) is 5.19. The van der Waals surface area contributed by atoms with Crippen LogP contribution in [0.2, 0.25) is 5.02 Å². The molecular formula is C24H22ClNO2. The summed E-state index contributed by atoms with van der Waals surface area (Å²) in [4.78, 5) is 12.7. The van der Waals surface area contributed by atoms with Gasteiger partial charge in [-0.15, -0.1) is 0 Å². The fourth-order valence-corrected chi connectivity index (χ4v) is 3.90. The first kappa shape index (κ1) is 18.7. The molecule has 0 bridgehead atoms. The maximum absolute atomic E-state index is 12.7. The predicted molar refractivity (Wildman–Crippen MR) is 113 cm³/mol. The number of hydrogen-bond donors (Lipinski definition) is 1. The predicted octanol–water partition coefficient (Wildman–Crippen LogP) is 5.31. The van der Waals surface area contributed by atoms with Crippen molar-refractivity contribution in [2.45, 2.75) is 18.4 Å². The molecular weight excluding hydrogens is 370 g/mol. The lowest BCUT2D eigenvalue weighted by atomic mass is 9.88. The van der Waals surface area contributed by atoms with Crippen LogP contribution in [0, 0.1) is 0 Å². The lowest BCUT2D eigenvalue weighted by Crippen LogP contribution is -2.42. The highest BCUT2D eigenvalue weighted by atomic mass is 35.5. The second kappa shape index (κ2) is 8.59. The lowest BCUT2D eigenvalue weighted by Gasteiger charge is -2.32. The molecule has 1 fully saturated rings. The lowest BCUT2D eigenvalue weighted by molar-refractivity contribution is 0.0182. The molecule has 1 heterocycles. The highest BCUT2D eigenvalue weighted by molar-refractivity contribution is 6.30. The van der Waals surface area contributed by atoms with E-state index in [4.69, 9.17) is 16.3 Å². The standard InChI is InChI=1S/C24H22ClNO2/c25-21-8-4-7-20(15-21)17-9-11-19(12-10-17)24(27)28-23-16-26-14-13-22(23)18-5-2-1-3-6-18/h1-12,15,22-23,26H,13-14,16H2/t22-,23+/m0/s1.